The minimum atomic E-state index is -0.246. The Hall–Kier alpha value is -1.70. The molecule has 2 heteroatoms. The smallest absolute Gasteiger partial charge is 0.0825 e. The standard InChI is InChI=1S/C17H20N2/c1-11-7-6-8-12-13-9-4-5-10-17(13,2)16(18)15(19-3)14(11)12/h4-6,8-11,13,18H,7H2,1-3H3/b18-16?,19-15-. The highest BCUT2D eigenvalue weighted by Crippen LogP contribution is 2.48. The first-order valence-electron chi connectivity index (χ1n) is 6.92. The van der Waals surface area contributed by atoms with Crippen molar-refractivity contribution in [2.75, 3.05) is 7.05 Å². The lowest BCUT2D eigenvalue weighted by Crippen LogP contribution is -2.46. The SMILES string of the molecule is C/N=C1\C(=N)C2(C)C=CC=CC2C2=C1C(C)CC=C2. The van der Waals surface area contributed by atoms with Crippen LogP contribution < -0.4 is 0 Å². The van der Waals surface area contributed by atoms with Crippen molar-refractivity contribution in [1.82, 2.24) is 0 Å². The Labute approximate surface area is 114 Å². The molecule has 19 heavy (non-hydrogen) atoms. The molecule has 0 aromatic rings. The van der Waals surface area contributed by atoms with Crippen molar-refractivity contribution in [2.24, 2.45) is 22.2 Å². The van der Waals surface area contributed by atoms with E-state index in [2.05, 4.69) is 55.3 Å². The number of hydrogen-bond acceptors (Lipinski definition) is 2. The maximum atomic E-state index is 8.61. The number of allylic oxidation sites excluding steroid dienone is 8. The number of rotatable bonds is 0. The Morgan fingerprint density at radius 2 is 2.16 bits per heavy atom. The maximum Gasteiger partial charge on any atom is 0.0825 e. The monoisotopic (exact) mass is 252 g/mol. The molecule has 0 aliphatic heterocycles. The number of nitrogens with zero attached hydrogens (tertiary/aromatic N) is 1. The summed E-state index contributed by atoms with van der Waals surface area (Å²) in [6, 6.07) is 0. The van der Waals surface area contributed by atoms with Gasteiger partial charge >= 0.3 is 0 Å². The van der Waals surface area contributed by atoms with Crippen molar-refractivity contribution in [2.45, 2.75) is 20.3 Å². The van der Waals surface area contributed by atoms with Gasteiger partial charge in [-0.25, -0.2) is 0 Å². The van der Waals surface area contributed by atoms with Gasteiger partial charge in [0.2, 0.25) is 0 Å². The maximum absolute atomic E-state index is 8.61. The molecule has 0 saturated heterocycles. The minimum Gasteiger partial charge on any atom is -0.302 e. The van der Waals surface area contributed by atoms with E-state index in [1.807, 2.05) is 7.05 Å². The molecule has 3 aliphatic rings. The summed E-state index contributed by atoms with van der Waals surface area (Å²) in [6.45, 7) is 4.39. The molecule has 1 N–H and O–H groups in total. The highest BCUT2D eigenvalue weighted by molar-refractivity contribution is 6.50. The molecule has 3 unspecified atom stereocenters. The van der Waals surface area contributed by atoms with E-state index < -0.39 is 0 Å². The molecule has 0 heterocycles. The Bertz CT molecular complexity index is 586. The van der Waals surface area contributed by atoms with Gasteiger partial charge in [-0.3, -0.25) is 4.99 Å². The number of hydrogen-bond donors (Lipinski definition) is 1. The number of fused-ring (bicyclic) bond motifs is 2. The molecule has 3 atom stereocenters. The first kappa shape index (κ1) is 12.3. The molecule has 0 aromatic heterocycles. The zero-order chi connectivity index (χ0) is 13.6. The van der Waals surface area contributed by atoms with Crippen LogP contribution in [0.3, 0.4) is 0 Å². The Kier molecular flexibility index (Phi) is 2.70. The van der Waals surface area contributed by atoms with E-state index in [0.29, 0.717) is 11.6 Å². The van der Waals surface area contributed by atoms with Crippen LogP contribution >= 0.6 is 0 Å². The van der Waals surface area contributed by atoms with Crippen LogP contribution in [-0.2, 0) is 0 Å². The minimum absolute atomic E-state index is 0.246. The van der Waals surface area contributed by atoms with Crippen molar-refractivity contribution in [3.8, 4) is 0 Å². The highest BCUT2D eigenvalue weighted by Gasteiger charge is 2.46. The predicted molar refractivity (Wildman–Crippen MR) is 80.9 cm³/mol. The van der Waals surface area contributed by atoms with Gasteiger partial charge < -0.3 is 5.41 Å². The molecule has 0 bridgehead atoms. The third kappa shape index (κ3) is 1.55. The summed E-state index contributed by atoms with van der Waals surface area (Å²) in [5.41, 5.74) is 3.98. The Morgan fingerprint density at radius 3 is 2.89 bits per heavy atom. The van der Waals surface area contributed by atoms with Crippen LogP contribution in [-0.4, -0.2) is 18.5 Å². The van der Waals surface area contributed by atoms with Gasteiger partial charge in [-0.05, 0) is 30.4 Å². The van der Waals surface area contributed by atoms with Gasteiger partial charge in [0.1, 0.15) is 0 Å². The third-order valence-electron chi connectivity index (χ3n) is 4.68. The predicted octanol–water partition coefficient (Wildman–Crippen LogP) is 3.73. The third-order valence-corrected chi connectivity index (χ3v) is 4.68. The molecule has 3 rings (SSSR count). The lowest BCUT2D eigenvalue weighted by atomic mass is 9.59. The summed E-state index contributed by atoms with van der Waals surface area (Å²) in [4.78, 5) is 4.44. The molecular formula is C17H20N2. The second-order valence-corrected chi connectivity index (χ2v) is 5.86. The van der Waals surface area contributed by atoms with Gasteiger partial charge in [-0.1, -0.05) is 43.4 Å². The quantitative estimate of drug-likeness (QED) is 0.682. The molecule has 2 nitrogen and oxygen atoms in total. The lowest BCUT2D eigenvalue weighted by molar-refractivity contribution is 0.466. The van der Waals surface area contributed by atoms with Crippen LogP contribution in [0.4, 0.5) is 0 Å². The topological polar surface area (TPSA) is 36.2 Å². The second-order valence-electron chi connectivity index (χ2n) is 5.86. The summed E-state index contributed by atoms with van der Waals surface area (Å²) in [6.07, 6.45) is 14.1. The van der Waals surface area contributed by atoms with Gasteiger partial charge in [-0.2, -0.15) is 0 Å². The fourth-order valence-corrected chi connectivity index (χ4v) is 3.55. The van der Waals surface area contributed by atoms with Crippen LogP contribution in [0.25, 0.3) is 0 Å². The Balaban J connectivity index is 2.28. The molecule has 3 aliphatic carbocycles. The highest BCUT2D eigenvalue weighted by atomic mass is 14.7. The summed E-state index contributed by atoms with van der Waals surface area (Å²) < 4.78 is 0. The number of aliphatic imine (C=N–C) groups is 1. The van der Waals surface area contributed by atoms with Gasteiger partial charge in [0.05, 0.1) is 11.4 Å². The van der Waals surface area contributed by atoms with Crippen LogP contribution in [0.15, 0.2) is 52.6 Å². The molecule has 0 aromatic carbocycles. The zero-order valence-electron chi connectivity index (χ0n) is 11.8. The second kappa shape index (κ2) is 4.16. The van der Waals surface area contributed by atoms with Crippen LogP contribution in [0, 0.1) is 22.7 Å². The van der Waals surface area contributed by atoms with Gasteiger partial charge in [-0.15, -0.1) is 0 Å². The van der Waals surface area contributed by atoms with Gasteiger partial charge in [0.15, 0.2) is 0 Å². The van der Waals surface area contributed by atoms with Crippen molar-refractivity contribution in [3.05, 3.63) is 47.6 Å². The Morgan fingerprint density at radius 1 is 1.37 bits per heavy atom. The van der Waals surface area contributed by atoms with E-state index in [1.165, 1.54) is 11.1 Å². The molecule has 0 amide bonds. The fraction of sp³-hybridized carbons (Fsp3) is 0.412. The number of nitrogens with one attached hydrogen (secondary N) is 1. The summed E-state index contributed by atoms with van der Waals surface area (Å²) >= 11 is 0. The zero-order valence-corrected chi connectivity index (χ0v) is 11.8. The van der Waals surface area contributed by atoms with Crippen LogP contribution in [0.1, 0.15) is 20.3 Å². The van der Waals surface area contributed by atoms with Crippen molar-refractivity contribution in [1.29, 1.82) is 5.41 Å². The van der Waals surface area contributed by atoms with Gasteiger partial charge in [0.25, 0.3) is 0 Å². The summed E-state index contributed by atoms with van der Waals surface area (Å²) in [5.74, 6) is 0.743. The van der Waals surface area contributed by atoms with E-state index in [-0.39, 0.29) is 11.3 Å². The first-order valence-corrected chi connectivity index (χ1v) is 6.92. The van der Waals surface area contributed by atoms with Crippen LogP contribution in [0.5, 0.6) is 0 Å². The first-order chi connectivity index (χ1) is 9.09. The van der Waals surface area contributed by atoms with Crippen molar-refractivity contribution < 1.29 is 0 Å². The molecule has 0 radical (unpaired) electrons. The van der Waals surface area contributed by atoms with E-state index in [0.717, 1.165) is 12.1 Å². The normalized spacial score (nSPS) is 38.7. The fourth-order valence-electron chi connectivity index (χ4n) is 3.55. The van der Waals surface area contributed by atoms with E-state index in [1.54, 1.807) is 0 Å². The van der Waals surface area contributed by atoms with Crippen molar-refractivity contribution in [3.63, 3.8) is 0 Å². The van der Waals surface area contributed by atoms with E-state index >= 15 is 0 Å². The molecule has 0 spiro atoms. The molecule has 0 fully saturated rings. The largest absolute Gasteiger partial charge is 0.302 e. The van der Waals surface area contributed by atoms with E-state index in [9.17, 15) is 0 Å². The van der Waals surface area contributed by atoms with Crippen molar-refractivity contribution >= 4 is 11.4 Å². The van der Waals surface area contributed by atoms with Gasteiger partial charge in [0, 0.05) is 18.4 Å². The summed E-state index contributed by atoms with van der Waals surface area (Å²) in [5, 5.41) is 8.61. The summed E-state index contributed by atoms with van der Waals surface area (Å²) in [7, 11) is 1.81. The molecule has 98 valence electrons. The average Bonchev–Trinajstić information content (AvgIpc) is 2.41. The average molecular weight is 252 g/mol. The lowest BCUT2D eigenvalue weighted by Gasteiger charge is -2.44. The van der Waals surface area contributed by atoms with E-state index in [4.69, 9.17) is 5.41 Å². The molecular weight excluding hydrogens is 232 g/mol. The molecule has 0 saturated carbocycles. The van der Waals surface area contributed by atoms with Crippen LogP contribution in [0.2, 0.25) is 0 Å².